The van der Waals surface area contributed by atoms with Crippen molar-refractivity contribution in [3.63, 3.8) is 0 Å². The van der Waals surface area contributed by atoms with Gasteiger partial charge in [0, 0.05) is 31.0 Å². The Labute approximate surface area is 121 Å². The topological polar surface area (TPSA) is 37.2 Å². The molecule has 1 aromatic carbocycles. The number of aliphatic hydroxyl groups is 1. The Morgan fingerprint density at radius 1 is 1.00 bits per heavy atom. The van der Waals surface area contributed by atoms with Gasteiger partial charge in [0.1, 0.15) is 0 Å². The molecule has 0 bridgehead atoms. The third-order valence-electron chi connectivity index (χ3n) is 3.21. The van der Waals surface area contributed by atoms with E-state index in [1.807, 2.05) is 12.1 Å². The van der Waals surface area contributed by atoms with E-state index in [9.17, 15) is 0 Å². The van der Waals surface area contributed by atoms with E-state index in [-0.39, 0.29) is 12.1 Å². The Bertz CT molecular complexity index is 535. The van der Waals surface area contributed by atoms with Gasteiger partial charge in [-0.3, -0.25) is 0 Å². The van der Waals surface area contributed by atoms with Crippen molar-refractivity contribution in [1.29, 1.82) is 0 Å². The van der Waals surface area contributed by atoms with Crippen molar-refractivity contribution in [2.75, 3.05) is 0 Å². The number of nitrogens with one attached hydrogen (secondary N) is 1. The molecule has 108 valence electrons. The molecule has 0 unspecified atom stereocenters. The standard InChI is InChI=1S/C17H24N2O/c1-17(2,3)18-10-16-8-9-19(12-16)11-14-4-6-15(13-20)7-5-14/h4-9,12,18,20H,10-11,13H2,1-3H3. The Morgan fingerprint density at radius 2 is 1.65 bits per heavy atom. The van der Waals surface area contributed by atoms with Crippen molar-refractivity contribution >= 4 is 0 Å². The average molecular weight is 272 g/mol. The van der Waals surface area contributed by atoms with Crippen LogP contribution in [0.15, 0.2) is 42.7 Å². The molecule has 0 aliphatic rings. The Kier molecular flexibility index (Phi) is 4.63. The van der Waals surface area contributed by atoms with Crippen molar-refractivity contribution in [2.45, 2.75) is 46.0 Å². The molecule has 0 amide bonds. The van der Waals surface area contributed by atoms with E-state index in [0.717, 1.165) is 18.7 Å². The van der Waals surface area contributed by atoms with Gasteiger partial charge in [-0.15, -0.1) is 0 Å². The first kappa shape index (κ1) is 14.8. The van der Waals surface area contributed by atoms with E-state index < -0.39 is 0 Å². The van der Waals surface area contributed by atoms with Gasteiger partial charge >= 0.3 is 0 Å². The highest BCUT2D eigenvalue weighted by atomic mass is 16.3. The molecule has 0 aliphatic heterocycles. The maximum Gasteiger partial charge on any atom is 0.0681 e. The van der Waals surface area contributed by atoms with Crippen molar-refractivity contribution in [1.82, 2.24) is 9.88 Å². The fourth-order valence-electron chi connectivity index (χ4n) is 2.02. The number of aliphatic hydroxyl groups excluding tert-OH is 1. The molecule has 0 radical (unpaired) electrons. The molecule has 0 spiro atoms. The molecule has 2 rings (SSSR count). The second-order valence-electron chi connectivity index (χ2n) is 6.27. The normalized spacial score (nSPS) is 11.8. The first-order chi connectivity index (χ1) is 9.46. The first-order valence-electron chi connectivity index (χ1n) is 7.05. The molecule has 0 atom stereocenters. The molecule has 0 fully saturated rings. The molecule has 3 heteroatoms. The van der Waals surface area contributed by atoms with Crippen molar-refractivity contribution in [2.24, 2.45) is 0 Å². The second kappa shape index (κ2) is 6.25. The van der Waals surface area contributed by atoms with E-state index in [4.69, 9.17) is 5.11 Å². The molecule has 2 aromatic rings. The van der Waals surface area contributed by atoms with Crippen LogP contribution in [0.2, 0.25) is 0 Å². The quantitative estimate of drug-likeness (QED) is 0.878. The summed E-state index contributed by atoms with van der Waals surface area (Å²) in [7, 11) is 0. The van der Waals surface area contributed by atoms with Crippen LogP contribution in [0.3, 0.4) is 0 Å². The van der Waals surface area contributed by atoms with E-state index in [1.54, 1.807) is 0 Å². The third-order valence-corrected chi connectivity index (χ3v) is 3.21. The number of nitrogens with zero attached hydrogens (tertiary/aromatic N) is 1. The van der Waals surface area contributed by atoms with E-state index in [2.05, 4.69) is 61.2 Å². The lowest BCUT2D eigenvalue weighted by Crippen LogP contribution is -2.34. The predicted molar refractivity (Wildman–Crippen MR) is 82.5 cm³/mol. The zero-order valence-corrected chi connectivity index (χ0v) is 12.6. The van der Waals surface area contributed by atoms with E-state index in [0.29, 0.717) is 0 Å². The Balaban J connectivity index is 1.94. The van der Waals surface area contributed by atoms with Gasteiger partial charge in [0.25, 0.3) is 0 Å². The third kappa shape index (κ3) is 4.51. The molecular formula is C17H24N2O. The smallest absolute Gasteiger partial charge is 0.0681 e. The van der Waals surface area contributed by atoms with Crippen LogP contribution in [0.25, 0.3) is 0 Å². The summed E-state index contributed by atoms with van der Waals surface area (Å²) in [5, 5.41) is 12.5. The lowest BCUT2D eigenvalue weighted by atomic mass is 10.1. The zero-order valence-electron chi connectivity index (χ0n) is 12.6. The first-order valence-corrected chi connectivity index (χ1v) is 7.05. The summed E-state index contributed by atoms with van der Waals surface area (Å²) < 4.78 is 2.19. The van der Waals surface area contributed by atoms with Crippen molar-refractivity contribution < 1.29 is 5.11 Å². The number of aromatic nitrogens is 1. The monoisotopic (exact) mass is 272 g/mol. The van der Waals surface area contributed by atoms with Gasteiger partial charge in [-0.05, 0) is 43.5 Å². The summed E-state index contributed by atoms with van der Waals surface area (Å²) in [6.45, 7) is 8.37. The Morgan fingerprint density at radius 3 is 2.25 bits per heavy atom. The van der Waals surface area contributed by atoms with Crippen LogP contribution in [-0.2, 0) is 19.7 Å². The number of benzene rings is 1. The number of hydrogen-bond donors (Lipinski definition) is 2. The van der Waals surface area contributed by atoms with Gasteiger partial charge in [0.2, 0.25) is 0 Å². The Hall–Kier alpha value is -1.58. The molecule has 0 aliphatic carbocycles. The predicted octanol–water partition coefficient (Wildman–Crippen LogP) is 2.92. The van der Waals surface area contributed by atoms with Crippen LogP contribution in [0.4, 0.5) is 0 Å². The van der Waals surface area contributed by atoms with Gasteiger partial charge in [0.15, 0.2) is 0 Å². The van der Waals surface area contributed by atoms with Crippen LogP contribution < -0.4 is 5.32 Å². The van der Waals surface area contributed by atoms with Crippen LogP contribution in [0.5, 0.6) is 0 Å². The highest BCUT2D eigenvalue weighted by molar-refractivity contribution is 5.23. The molecule has 0 saturated heterocycles. The van der Waals surface area contributed by atoms with Gasteiger partial charge in [0.05, 0.1) is 6.61 Å². The van der Waals surface area contributed by atoms with Gasteiger partial charge in [-0.1, -0.05) is 24.3 Å². The minimum Gasteiger partial charge on any atom is -0.392 e. The minimum atomic E-state index is 0.104. The van der Waals surface area contributed by atoms with Crippen LogP contribution in [-0.4, -0.2) is 15.2 Å². The van der Waals surface area contributed by atoms with E-state index >= 15 is 0 Å². The molecule has 0 saturated carbocycles. The molecule has 1 heterocycles. The summed E-state index contributed by atoms with van der Waals surface area (Å²) >= 11 is 0. The fourth-order valence-corrected chi connectivity index (χ4v) is 2.02. The lowest BCUT2D eigenvalue weighted by Gasteiger charge is -2.19. The SMILES string of the molecule is CC(C)(C)NCc1ccn(Cc2ccc(CO)cc2)c1. The van der Waals surface area contributed by atoms with Crippen molar-refractivity contribution in [3.8, 4) is 0 Å². The maximum absolute atomic E-state index is 9.03. The molecule has 20 heavy (non-hydrogen) atoms. The largest absolute Gasteiger partial charge is 0.392 e. The second-order valence-corrected chi connectivity index (χ2v) is 6.27. The zero-order chi connectivity index (χ0) is 14.6. The van der Waals surface area contributed by atoms with Crippen LogP contribution in [0, 0.1) is 0 Å². The van der Waals surface area contributed by atoms with E-state index in [1.165, 1.54) is 11.1 Å². The summed E-state index contributed by atoms with van der Waals surface area (Å²) in [6.07, 6.45) is 4.29. The van der Waals surface area contributed by atoms with Crippen LogP contribution in [0.1, 0.15) is 37.5 Å². The lowest BCUT2D eigenvalue weighted by molar-refractivity contribution is 0.282. The molecule has 1 aromatic heterocycles. The van der Waals surface area contributed by atoms with Crippen LogP contribution >= 0.6 is 0 Å². The number of hydrogen-bond acceptors (Lipinski definition) is 2. The molecule has 3 nitrogen and oxygen atoms in total. The summed E-state index contributed by atoms with van der Waals surface area (Å²) in [5.74, 6) is 0. The summed E-state index contributed by atoms with van der Waals surface area (Å²) in [6, 6.07) is 10.2. The molecule has 2 N–H and O–H groups in total. The molecular weight excluding hydrogens is 248 g/mol. The average Bonchev–Trinajstić information content (AvgIpc) is 2.84. The fraction of sp³-hybridized carbons (Fsp3) is 0.412. The highest BCUT2D eigenvalue weighted by Crippen LogP contribution is 2.09. The van der Waals surface area contributed by atoms with Gasteiger partial charge < -0.3 is 15.0 Å². The summed E-state index contributed by atoms with van der Waals surface area (Å²) in [4.78, 5) is 0. The van der Waals surface area contributed by atoms with Crippen molar-refractivity contribution in [3.05, 3.63) is 59.4 Å². The highest BCUT2D eigenvalue weighted by Gasteiger charge is 2.08. The maximum atomic E-state index is 9.03. The minimum absolute atomic E-state index is 0.104. The number of rotatable bonds is 5. The summed E-state index contributed by atoms with van der Waals surface area (Å²) in [5.41, 5.74) is 3.64. The van der Waals surface area contributed by atoms with Gasteiger partial charge in [-0.25, -0.2) is 0 Å². The van der Waals surface area contributed by atoms with Gasteiger partial charge in [-0.2, -0.15) is 0 Å².